The molecule has 5 nitrogen and oxygen atoms in total. The summed E-state index contributed by atoms with van der Waals surface area (Å²) in [4.78, 5) is 9.37. The van der Waals surface area contributed by atoms with Crippen molar-refractivity contribution in [1.29, 1.82) is 0 Å². The van der Waals surface area contributed by atoms with Crippen LogP contribution in [0.2, 0.25) is 0 Å². The first-order chi connectivity index (χ1) is 15.7. The molecule has 0 atom stereocenters. The van der Waals surface area contributed by atoms with Gasteiger partial charge in [0, 0.05) is 56.9 Å². The van der Waals surface area contributed by atoms with Crippen LogP contribution < -0.4 is 0 Å². The van der Waals surface area contributed by atoms with Crippen LogP contribution in [-0.2, 0) is 17.8 Å². The van der Waals surface area contributed by atoms with Crippen LogP contribution in [-0.4, -0.2) is 59.2 Å². The number of nitrogens with zero attached hydrogens (tertiary/aromatic N) is 4. The summed E-state index contributed by atoms with van der Waals surface area (Å²) >= 11 is 0. The van der Waals surface area contributed by atoms with E-state index in [0.717, 1.165) is 63.6 Å². The molecule has 170 valence electrons. The summed E-state index contributed by atoms with van der Waals surface area (Å²) in [6.07, 6.45) is 6.18. The maximum Gasteiger partial charge on any atom is 0.136 e. The van der Waals surface area contributed by atoms with Crippen LogP contribution in [0.4, 0.5) is 4.39 Å². The molecular formula is C26H33FN4O. The molecular weight excluding hydrogens is 403 g/mol. The van der Waals surface area contributed by atoms with Crippen LogP contribution in [0.3, 0.4) is 0 Å². The van der Waals surface area contributed by atoms with Crippen molar-refractivity contribution in [1.82, 2.24) is 19.4 Å². The normalized spacial score (nSPS) is 15.5. The lowest BCUT2D eigenvalue weighted by Gasteiger charge is -2.35. The highest BCUT2D eigenvalue weighted by Crippen LogP contribution is 2.22. The third-order valence-corrected chi connectivity index (χ3v) is 6.30. The van der Waals surface area contributed by atoms with Gasteiger partial charge in [-0.2, -0.15) is 0 Å². The van der Waals surface area contributed by atoms with Crippen molar-refractivity contribution in [2.75, 3.05) is 39.9 Å². The second kappa shape index (κ2) is 11.4. The van der Waals surface area contributed by atoms with Crippen molar-refractivity contribution in [3.63, 3.8) is 0 Å². The molecule has 32 heavy (non-hydrogen) atoms. The molecule has 0 amide bonds. The second-order valence-electron chi connectivity index (χ2n) is 8.60. The standard InChI is InChI=1S/C26H33FN4O/c1-32-18-17-30(21-24-8-6-14-31(24)26-10-4-5-13-28-26)19-22-11-15-29(16-12-22)20-23-7-2-3-9-25(23)27/h2-10,13-14,22H,11-12,15-21H2,1H3. The average molecular weight is 437 g/mol. The third kappa shape index (κ3) is 6.03. The Hall–Kier alpha value is -2.54. The van der Waals surface area contributed by atoms with Crippen molar-refractivity contribution in [3.05, 3.63) is 84.1 Å². The van der Waals surface area contributed by atoms with E-state index in [0.29, 0.717) is 12.5 Å². The number of ether oxygens (including phenoxy) is 1. The first-order valence-corrected chi connectivity index (χ1v) is 11.5. The Morgan fingerprint density at radius 2 is 1.88 bits per heavy atom. The largest absolute Gasteiger partial charge is 0.383 e. The smallest absolute Gasteiger partial charge is 0.136 e. The highest BCUT2D eigenvalue weighted by Gasteiger charge is 2.22. The monoisotopic (exact) mass is 436 g/mol. The van der Waals surface area contributed by atoms with Gasteiger partial charge in [-0.1, -0.05) is 24.3 Å². The molecule has 6 heteroatoms. The lowest BCUT2D eigenvalue weighted by atomic mass is 9.95. The van der Waals surface area contributed by atoms with Crippen LogP contribution in [0.5, 0.6) is 0 Å². The summed E-state index contributed by atoms with van der Waals surface area (Å²) < 4.78 is 21.5. The topological polar surface area (TPSA) is 33.5 Å². The highest BCUT2D eigenvalue weighted by atomic mass is 19.1. The van der Waals surface area contributed by atoms with Gasteiger partial charge >= 0.3 is 0 Å². The van der Waals surface area contributed by atoms with Crippen LogP contribution in [0, 0.1) is 11.7 Å². The van der Waals surface area contributed by atoms with Gasteiger partial charge < -0.3 is 9.30 Å². The van der Waals surface area contributed by atoms with E-state index in [9.17, 15) is 4.39 Å². The van der Waals surface area contributed by atoms with Crippen molar-refractivity contribution in [3.8, 4) is 5.82 Å². The lowest BCUT2D eigenvalue weighted by molar-refractivity contribution is 0.105. The predicted molar refractivity (Wildman–Crippen MR) is 125 cm³/mol. The molecule has 0 unspecified atom stereocenters. The summed E-state index contributed by atoms with van der Waals surface area (Å²) in [5.41, 5.74) is 2.03. The number of aromatic nitrogens is 2. The van der Waals surface area contributed by atoms with Gasteiger partial charge in [0.15, 0.2) is 0 Å². The van der Waals surface area contributed by atoms with E-state index in [2.05, 4.69) is 37.7 Å². The minimum atomic E-state index is -0.101. The maximum absolute atomic E-state index is 14.0. The fourth-order valence-corrected chi connectivity index (χ4v) is 4.51. The first kappa shape index (κ1) is 22.6. The van der Waals surface area contributed by atoms with Gasteiger partial charge in [0.05, 0.1) is 6.61 Å². The van der Waals surface area contributed by atoms with E-state index >= 15 is 0 Å². The Morgan fingerprint density at radius 3 is 2.62 bits per heavy atom. The van der Waals surface area contributed by atoms with Gasteiger partial charge in [0.25, 0.3) is 0 Å². The number of hydrogen-bond donors (Lipinski definition) is 0. The Morgan fingerprint density at radius 1 is 1.06 bits per heavy atom. The molecule has 1 aliphatic heterocycles. The zero-order valence-electron chi connectivity index (χ0n) is 18.9. The lowest BCUT2D eigenvalue weighted by Crippen LogP contribution is -2.39. The Balaban J connectivity index is 1.34. The average Bonchev–Trinajstić information content (AvgIpc) is 3.29. The molecule has 0 N–H and O–H groups in total. The molecule has 1 aromatic carbocycles. The van der Waals surface area contributed by atoms with Crippen LogP contribution in [0.1, 0.15) is 24.1 Å². The summed E-state index contributed by atoms with van der Waals surface area (Å²) in [6, 6.07) is 17.4. The molecule has 1 aliphatic rings. The van der Waals surface area contributed by atoms with Crippen LogP contribution >= 0.6 is 0 Å². The predicted octanol–water partition coefficient (Wildman–Crippen LogP) is 4.37. The van der Waals surface area contributed by atoms with Gasteiger partial charge in [-0.05, 0) is 62.2 Å². The van der Waals surface area contributed by atoms with Crippen molar-refractivity contribution >= 4 is 0 Å². The number of rotatable bonds is 10. The van der Waals surface area contributed by atoms with Crippen molar-refractivity contribution in [2.45, 2.75) is 25.9 Å². The number of likely N-dealkylation sites (tertiary alicyclic amines) is 1. The number of halogens is 1. The van der Waals surface area contributed by atoms with Gasteiger partial charge in [0.1, 0.15) is 11.6 Å². The number of hydrogen-bond acceptors (Lipinski definition) is 4. The molecule has 0 radical (unpaired) electrons. The number of benzene rings is 1. The van der Waals surface area contributed by atoms with E-state index in [1.165, 1.54) is 5.69 Å². The van der Waals surface area contributed by atoms with Crippen LogP contribution in [0.15, 0.2) is 67.0 Å². The van der Waals surface area contributed by atoms with Crippen molar-refractivity contribution in [2.24, 2.45) is 5.92 Å². The van der Waals surface area contributed by atoms with E-state index in [1.54, 1.807) is 19.2 Å². The van der Waals surface area contributed by atoms with Gasteiger partial charge in [-0.25, -0.2) is 9.37 Å². The molecule has 3 aromatic rings. The van der Waals surface area contributed by atoms with Crippen LogP contribution in [0.25, 0.3) is 5.82 Å². The quantitative estimate of drug-likeness (QED) is 0.473. The molecule has 0 spiro atoms. The molecule has 2 aromatic heterocycles. The number of pyridine rings is 1. The Labute approximate surface area is 190 Å². The van der Waals surface area contributed by atoms with Gasteiger partial charge in [-0.3, -0.25) is 9.80 Å². The van der Waals surface area contributed by atoms with Gasteiger partial charge in [0.2, 0.25) is 0 Å². The summed E-state index contributed by atoms with van der Waals surface area (Å²) in [5.74, 6) is 1.49. The fourth-order valence-electron chi connectivity index (χ4n) is 4.51. The second-order valence-corrected chi connectivity index (χ2v) is 8.60. The summed E-state index contributed by atoms with van der Waals surface area (Å²) in [7, 11) is 1.76. The van der Waals surface area contributed by atoms with E-state index in [1.807, 2.05) is 36.5 Å². The van der Waals surface area contributed by atoms with E-state index in [-0.39, 0.29) is 5.82 Å². The van der Waals surface area contributed by atoms with E-state index in [4.69, 9.17) is 4.74 Å². The molecule has 0 bridgehead atoms. The van der Waals surface area contributed by atoms with Crippen molar-refractivity contribution < 1.29 is 9.13 Å². The molecule has 1 saturated heterocycles. The number of methoxy groups -OCH3 is 1. The SMILES string of the molecule is COCCN(Cc1cccn1-c1ccccn1)CC1CCN(Cc2ccccc2F)CC1. The Kier molecular flexibility index (Phi) is 8.04. The zero-order valence-corrected chi connectivity index (χ0v) is 18.9. The minimum Gasteiger partial charge on any atom is -0.383 e. The summed E-state index contributed by atoms with van der Waals surface area (Å²) in [5, 5.41) is 0. The van der Waals surface area contributed by atoms with E-state index < -0.39 is 0 Å². The molecule has 1 fully saturated rings. The molecule has 0 aliphatic carbocycles. The summed E-state index contributed by atoms with van der Waals surface area (Å²) in [6.45, 7) is 6.26. The van der Waals surface area contributed by atoms with Gasteiger partial charge in [-0.15, -0.1) is 0 Å². The minimum absolute atomic E-state index is 0.101. The first-order valence-electron chi connectivity index (χ1n) is 11.5. The molecule has 3 heterocycles. The number of piperidine rings is 1. The Bertz CT molecular complexity index is 953. The fraction of sp³-hybridized carbons (Fsp3) is 0.423. The maximum atomic E-state index is 14.0. The molecule has 0 saturated carbocycles. The highest BCUT2D eigenvalue weighted by molar-refractivity contribution is 5.27. The molecule has 4 rings (SSSR count). The zero-order chi connectivity index (χ0) is 22.2. The third-order valence-electron chi connectivity index (χ3n) is 6.30.